The molecule has 0 unspecified atom stereocenters. The van der Waals surface area contributed by atoms with Gasteiger partial charge in [-0.2, -0.15) is 0 Å². The number of likely N-dealkylation sites (tertiary alicyclic amines) is 2. The number of phenols is 1. The van der Waals surface area contributed by atoms with Gasteiger partial charge in [-0.25, -0.2) is 9.59 Å². The lowest BCUT2D eigenvalue weighted by atomic mass is 9.95. The number of urea groups is 1. The third-order valence-corrected chi connectivity index (χ3v) is 11.6. The van der Waals surface area contributed by atoms with E-state index in [0.717, 1.165) is 100 Å². The highest BCUT2D eigenvalue weighted by Gasteiger charge is 2.32. The summed E-state index contributed by atoms with van der Waals surface area (Å²) in [7, 11) is 2.83. The molecule has 13 nitrogen and oxygen atoms in total. The summed E-state index contributed by atoms with van der Waals surface area (Å²) in [5, 5.41) is 13.0. The van der Waals surface area contributed by atoms with Gasteiger partial charge in [0.1, 0.15) is 5.75 Å². The predicted molar refractivity (Wildman–Crippen MR) is 208 cm³/mol. The lowest BCUT2D eigenvalue weighted by molar-refractivity contribution is -0.141. The van der Waals surface area contributed by atoms with Gasteiger partial charge in [-0.1, -0.05) is 37.3 Å². The number of aryl methyl sites for hydroxylation is 2. The van der Waals surface area contributed by atoms with E-state index < -0.39 is 0 Å². The summed E-state index contributed by atoms with van der Waals surface area (Å²) in [5.74, 6) is 0.376. The van der Waals surface area contributed by atoms with Gasteiger partial charge in [-0.05, 0) is 80.7 Å². The number of piperazine rings is 1. The standard InChI is InChI=1S/C25H39N3O4.C16H21N3O3/c1-18-15-21(16-19(2)24(18)30)17-20(3)25(31)28-9-5-22(6-10-28)27-13-11-26(12-14-27)8-7-23(29)32-4;1-22-16(21)18-9-7-13(8-10-18)19-11-6-12-4-2-3-5-14(12)17-15(19)20/h15-16,20,22,30H,5-14,17H2,1-4H3;2-5,13H,6-11H2,1H3,(H,17,20)/t20-;/m1./s1. The average Bonchev–Trinajstić information content (AvgIpc) is 3.36. The number of methoxy groups -OCH3 is 2. The van der Waals surface area contributed by atoms with Gasteiger partial charge in [0.25, 0.3) is 0 Å². The molecule has 4 aliphatic heterocycles. The zero-order chi connectivity index (χ0) is 38.8. The van der Waals surface area contributed by atoms with E-state index in [2.05, 4.69) is 21.2 Å². The summed E-state index contributed by atoms with van der Waals surface area (Å²) in [6.45, 7) is 14.2. The average molecular weight is 749 g/mol. The predicted octanol–water partition coefficient (Wildman–Crippen LogP) is 4.67. The van der Waals surface area contributed by atoms with Crippen LogP contribution in [0.4, 0.5) is 15.3 Å². The zero-order valence-electron chi connectivity index (χ0n) is 32.8. The minimum Gasteiger partial charge on any atom is -0.507 e. The quantitative estimate of drug-likeness (QED) is 0.370. The molecule has 296 valence electrons. The summed E-state index contributed by atoms with van der Waals surface area (Å²) in [5.41, 5.74) is 4.92. The van der Waals surface area contributed by atoms with Gasteiger partial charge in [0.15, 0.2) is 0 Å². The Morgan fingerprint density at radius 2 is 1.44 bits per heavy atom. The molecule has 0 aromatic heterocycles. The highest BCUT2D eigenvalue weighted by molar-refractivity contribution is 5.91. The number of carbonyl (C=O) groups is 4. The van der Waals surface area contributed by atoms with Crippen LogP contribution in [-0.4, -0.2) is 145 Å². The third-order valence-electron chi connectivity index (χ3n) is 11.6. The number of amides is 4. The van der Waals surface area contributed by atoms with Crippen molar-refractivity contribution in [2.45, 2.75) is 77.8 Å². The van der Waals surface area contributed by atoms with Gasteiger partial charge in [-0.3, -0.25) is 14.5 Å². The Labute approximate surface area is 320 Å². The number of phenolic OH excluding ortho intramolecular Hbond substituents is 1. The van der Waals surface area contributed by atoms with E-state index in [1.165, 1.54) is 19.8 Å². The maximum absolute atomic E-state index is 13.0. The number of benzene rings is 2. The van der Waals surface area contributed by atoms with Crippen LogP contribution >= 0.6 is 0 Å². The summed E-state index contributed by atoms with van der Waals surface area (Å²) >= 11 is 0. The minimum atomic E-state index is -0.286. The second-order valence-electron chi connectivity index (χ2n) is 15.2. The minimum absolute atomic E-state index is 0.0403. The number of para-hydroxylation sites is 1. The van der Waals surface area contributed by atoms with Crippen molar-refractivity contribution in [3.05, 3.63) is 58.7 Å². The zero-order valence-corrected chi connectivity index (χ0v) is 32.8. The largest absolute Gasteiger partial charge is 0.507 e. The van der Waals surface area contributed by atoms with Crippen molar-refractivity contribution in [2.24, 2.45) is 5.92 Å². The highest BCUT2D eigenvalue weighted by atomic mass is 16.5. The van der Waals surface area contributed by atoms with Crippen molar-refractivity contribution in [3.8, 4) is 5.75 Å². The second-order valence-corrected chi connectivity index (χ2v) is 15.2. The number of ether oxygens (including phenoxy) is 2. The molecule has 54 heavy (non-hydrogen) atoms. The molecule has 0 radical (unpaired) electrons. The van der Waals surface area contributed by atoms with Crippen molar-refractivity contribution < 1.29 is 33.8 Å². The van der Waals surface area contributed by atoms with Crippen LogP contribution in [0.1, 0.15) is 61.3 Å². The Morgan fingerprint density at radius 1 is 0.833 bits per heavy atom. The Hall–Kier alpha value is -4.36. The van der Waals surface area contributed by atoms with Crippen LogP contribution in [0.2, 0.25) is 0 Å². The molecular weight excluding hydrogens is 688 g/mol. The van der Waals surface area contributed by atoms with Crippen LogP contribution in [0.15, 0.2) is 36.4 Å². The van der Waals surface area contributed by atoms with Gasteiger partial charge in [-0.15, -0.1) is 0 Å². The molecule has 4 heterocycles. The normalized spacial score (nSPS) is 19.5. The van der Waals surface area contributed by atoms with E-state index >= 15 is 0 Å². The van der Waals surface area contributed by atoms with Gasteiger partial charge in [0, 0.05) is 89.1 Å². The van der Waals surface area contributed by atoms with Crippen molar-refractivity contribution >= 4 is 29.7 Å². The monoisotopic (exact) mass is 748 g/mol. The number of aromatic hydroxyl groups is 1. The van der Waals surface area contributed by atoms with E-state index in [1.807, 2.05) is 60.9 Å². The summed E-state index contributed by atoms with van der Waals surface area (Å²) in [6.07, 6.45) is 5.36. The molecule has 4 aliphatic rings. The number of carbonyl (C=O) groups excluding carboxylic acids is 4. The molecule has 3 saturated heterocycles. The summed E-state index contributed by atoms with van der Waals surface area (Å²) in [4.78, 5) is 58.9. The number of hydrogen-bond donors (Lipinski definition) is 2. The maximum Gasteiger partial charge on any atom is 0.409 e. The van der Waals surface area contributed by atoms with E-state index in [-0.39, 0.29) is 36.0 Å². The van der Waals surface area contributed by atoms with Crippen LogP contribution in [0, 0.1) is 19.8 Å². The van der Waals surface area contributed by atoms with Crippen molar-refractivity contribution in [2.75, 3.05) is 85.0 Å². The fourth-order valence-electron chi connectivity index (χ4n) is 8.30. The fraction of sp³-hybridized carbons (Fsp3) is 0.610. The highest BCUT2D eigenvalue weighted by Crippen LogP contribution is 2.27. The molecular formula is C41H60N6O7. The first-order valence-electron chi connectivity index (χ1n) is 19.6. The molecule has 0 aliphatic carbocycles. The number of nitrogens with zero attached hydrogens (tertiary/aromatic N) is 5. The van der Waals surface area contributed by atoms with E-state index in [1.54, 1.807) is 4.90 Å². The number of esters is 1. The molecule has 2 aromatic rings. The van der Waals surface area contributed by atoms with Crippen LogP contribution < -0.4 is 5.32 Å². The Kier molecular flexibility index (Phi) is 14.6. The fourth-order valence-corrected chi connectivity index (χ4v) is 8.30. The first kappa shape index (κ1) is 40.8. The molecule has 0 spiro atoms. The Balaban J connectivity index is 0.000000222. The van der Waals surface area contributed by atoms with E-state index in [4.69, 9.17) is 9.47 Å². The molecule has 13 heteroatoms. The molecule has 0 saturated carbocycles. The number of fused-ring (bicyclic) bond motifs is 1. The second kappa shape index (κ2) is 19.3. The van der Waals surface area contributed by atoms with Crippen LogP contribution in [-0.2, 0) is 31.9 Å². The third kappa shape index (κ3) is 10.7. The summed E-state index contributed by atoms with van der Waals surface area (Å²) < 4.78 is 9.48. The molecule has 2 aromatic carbocycles. The molecule has 6 rings (SSSR count). The topological polar surface area (TPSA) is 135 Å². The number of rotatable bonds is 8. The molecule has 4 amide bonds. The number of piperidine rings is 2. The molecule has 3 fully saturated rings. The first-order chi connectivity index (χ1) is 26.0. The van der Waals surface area contributed by atoms with Crippen molar-refractivity contribution in [1.82, 2.24) is 24.5 Å². The smallest absolute Gasteiger partial charge is 0.409 e. The van der Waals surface area contributed by atoms with E-state index in [9.17, 15) is 24.3 Å². The van der Waals surface area contributed by atoms with Gasteiger partial charge < -0.3 is 39.5 Å². The number of hydrogen-bond acceptors (Lipinski definition) is 9. The number of nitrogens with one attached hydrogen (secondary N) is 1. The molecule has 1 atom stereocenters. The van der Waals surface area contributed by atoms with Crippen LogP contribution in [0.5, 0.6) is 5.75 Å². The van der Waals surface area contributed by atoms with Gasteiger partial charge >= 0.3 is 18.1 Å². The van der Waals surface area contributed by atoms with Crippen LogP contribution in [0.3, 0.4) is 0 Å². The van der Waals surface area contributed by atoms with Crippen molar-refractivity contribution in [3.63, 3.8) is 0 Å². The Morgan fingerprint density at radius 3 is 2.07 bits per heavy atom. The van der Waals surface area contributed by atoms with E-state index in [0.29, 0.717) is 44.3 Å². The first-order valence-corrected chi connectivity index (χ1v) is 19.6. The Bertz CT molecular complexity index is 1570. The van der Waals surface area contributed by atoms with Crippen LogP contribution in [0.25, 0.3) is 0 Å². The molecule has 2 N–H and O–H groups in total. The lowest BCUT2D eigenvalue weighted by Gasteiger charge is -2.43. The van der Waals surface area contributed by atoms with Crippen molar-refractivity contribution in [1.29, 1.82) is 0 Å². The van der Waals surface area contributed by atoms with Gasteiger partial charge in [0.05, 0.1) is 20.6 Å². The lowest BCUT2D eigenvalue weighted by Crippen LogP contribution is -2.54. The summed E-state index contributed by atoms with van der Waals surface area (Å²) in [6, 6.07) is 12.6. The van der Waals surface area contributed by atoms with Gasteiger partial charge in [0.2, 0.25) is 5.91 Å². The maximum atomic E-state index is 13.0. The SMILES string of the molecule is COC(=O)CCN1CCN(C2CCN(C(=O)[C@H](C)Cc3cc(C)c(O)c(C)c3)CC2)CC1.COC(=O)N1CCC(N2CCc3ccccc3NC2=O)CC1. The molecule has 0 bridgehead atoms. The number of anilines is 1.